The monoisotopic (exact) mass is 234 g/mol. The van der Waals surface area contributed by atoms with Gasteiger partial charge in [-0.1, -0.05) is 23.7 Å². The highest BCUT2D eigenvalue weighted by molar-refractivity contribution is 6.31. The lowest BCUT2D eigenvalue weighted by molar-refractivity contribution is 0.0914. The van der Waals surface area contributed by atoms with Crippen LogP contribution in [-0.4, -0.2) is 5.78 Å². The largest absolute Gasteiger partial charge is 0.294 e. The highest BCUT2D eigenvalue weighted by Crippen LogP contribution is 2.54. The lowest BCUT2D eigenvalue weighted by atomic mass is 9.93. The summed E-state index contributed by atoms with van der Waals surface area (Å²) in [6.07, 6.45) is 3.57. The Bertz CT molecular complexity index is 442. The van der Waals surface area contributed by atoms with E-state index in [1.807, 2.05) is 25.1 Å². The summed E-state index contributed by atoms with van der Waals surface area (Å²) in [4.78, 5) is 12.2. The van der Waals surface area contributed by atoms with Crippen LogP contribution in [0.25, 0.3) is 0 Å². The standard InChI is InChI=1S/C14H15ClO/c1-8-2-3-9(7-13(8)15)14(16)12-5-10-4-11(10)6-12/h2-3,7,10-12H,4-6H2,1H3. The van der Waals surface area contributed by atoms with Gasteiger partial charge in [0.15, 0.2) is 5.78 Å². The number of carbonyl (C=O) groups excluding carboxylic acids is 1. The first-order valence-corrected chi connectivity index (χ1v) is 6.33. The van der Waals surface area contributed by atoms with E-state index in [4.69, 9.17) is 11.6 Å². The van der Waals surface area contributed by atoms with Gasteiger partial charge >= 0.3 is 0 Å². The summed E-state index contributed by atoms with van der Waals surface area (Å²) >= 11 is 6.05. The van der Waals surface area contributed by atoms with E-state index in [9.17, 15) is 4.79 Å². The maximum atomic E-state index is 12.2. The van der Waals surface area contributed by atoms with Crippen molar-refractivity contribution in [3.05, 3.63) is 34.3 Å². The fraction of sp³-hybridized carbons (Fsp3) is 0.500. The van der Waals surface area contributed by atoms with E-state index in [1.165, 1.54) is 6.42 Å². The number of rotatable bonds is 2. The molecule has 1 aromatic carbocycles. The summed E-state index contributed by atoms with van der Waals surface area (Å²) in [6.45, 7) is 1.96. The highest BCUT2D eigenvalue weighted by Gasteiger charge is 2.47. The van der Waals surface area contributed by atoms with Gasteiger partial charge in [-0.3, -0.25) is 4.79 Å². The minimum atomic E-state index is 0.266. The van der Waals surface area contributed by atoms with Crippen LogP contribution in [0.5, 0.6) is 0 Å². The van der Waals surface area contributed by atoms with E-state index in [0.29, 0.717) is 10.8 Å². The third kappa shape index (κ3) is 1.67. The Hall–Kier alpha value is -0.820. The van der Waals surface area contributed by atoms with Crippen LogP contribution in [0.4, 0.5) is 0 Å². The van der Waals surface area contributed by atoms with Gasteiger partial charge < -0.3 is 0 Å². The van der Waals surface area contributed by atoms with E-state index in [0.717, 1.165) is 35.8 Å². The summed E-state index contributed by atoms with van der Waals surface area (Å²) in [7, 11) is 0. The second-order valence-corrected chi connectivity index (χ2v) is 5.66. The number of hydrogen-bond donors (Lipinski definition) is 0. The van der Waals surface area contributed by atoms with Crippen LogP contribution in [0.1, 0.15) is 35.2 Å². The predicted molar refractivity (Wildman–Crippen MR) is 64.8 cm³/mol. The van der Waals surface area contributed by atoms with E-state index in [1.54, 1.807) is 0 Å². The zero-order valence-corrected chi connectivity index (χ0v) is 10.1. The van der Waals surface area contributed by atoms with Gasteiger partial charge in [0.05, 0.1) is 0 Å². The molecule has 2 aliphatic carbocycles. The molecule has 84 valence electrons. The molecule has 0 saturated heterocycles. The second-order valence-electron chi connectivity index (χ2n) is 5.25. The number of benzene rings is 1. The van der Waals surface area contributed by atoms with Crippen molar-refractivity contribution in [2.24, 2.45) is 17.8 Å². The first-order valence-electron chi connectivity index (χ1n) is 5.95. The van der Waals surface area contributed by atoms with Crippen LogP contribution in [0.3, 0.4) is 0 Å². The van der Waals surface area contributed by atoms with Crippen LogP contribution < -0.4 is 0 Å². The van der Waals surface area contributed by atoms with Gasteiger partial charge in [0.25, 0.3) is 0 Å². The summed E-state index contributed by atoms with van der Waals surface area (Å²) in [6, 6.07) is 5.67. The molecule has 0 amide bonds. The summed E-state index contributed by atoms with van der Waals surface area (Å²) in [5.41, 5.74) is 1.83. The first-order chi connectivity index (χ1) is 7.65. The SMILES string of the molecule is Cc1ccc(C(=O)C2CC3CC3C2)cc1Cl. The molecule has 3 rings (SSSR count). The third-order valence-electron chi connectivity index (χ3n) is 4.07. The number of fused-ring (bicyclic) bond motifs is 1. The molecule has 2 heteroatoms. The lowest BCUT2D eigenvalue weighted by Crippen LogP contribution is -2.13. The Kier molecular flexibility index (Phi) is 2.32. The average molecular weight is 235 g/mol. The fourth-order valence-electron chi connectivity index (χ4n) is 2.91. The number of hydrogen-bond acceptors (Lipinski definition) is 1. The van der Waals surface area contributed by atoms with Crippen LogP contribution in [0.15, 0.2) is 18.2 Å². The molecule has 0 radical (unpaired) electrons. The van der Waals surface area contributed by atoms with Crippen molar-refractivity contribution in [2.45, 2.75) is 26.2 Å². The highest BCUT2D eigenvalue weighted by atomic mass is 35.5. The molecular weight excluding hydrogens is 220 g/mol. The Labute approximate surface area is 101 Å². The van der Waals surface area contributed by atoms with E-state index in [2.05, 4.69) is 0 Å². The van der Waals surface area contributed by atoms with Crippen molar-refractivity contribution in [1.82, 2.24) is 0 Å². The van der Waals surface area contributed by atoms with E-state index in [-0.39, 0.29) is 5.92 Å². The summed E-state index contributed by atoms with van der Waals surface area (Å²) < 4.78 is 0. The molecule has 0 heterocycles. The number of aryl methyl sites for hydroxylation is 1. The molecule has 0 aliphatic heterocycles. The maximum absolute atomic E-state index is 12.2. The van der Waals surface area contributed by atoms with Gasteiger partial charge in [-0.2, -0.15) is 0 Å². The molecule has 2 aliphatic rings. The van der Waals surface area contributed by atoms with E-state index >= 15 is 0 Å². The zero-order valence-electron chi connectivity index (χ0n) is 9.37. The molecule has 1 aromatic rings. The molecule has 0 bridgehead atoms. The zero-order chi connectivity index (χ0) is 11.3. The van der Waals surface area contributed by atoms with Crippen molar-refractivity contribution >= 4 is 17.4 Å². The first kappa shape index (κ1) is 10.3. The predicted octanol–water partition coefficient (Wildman–Crippen LogP) is 3.88. The minimum Gasteiger partial charge on any atom is -0.294 e. The van der Waals surface area contributed by atoms with Gasteiger partial charge in [-0.25, -0.2) is 0 Å². The van der Waals surface area contributed by atoms with Crippen LogP contribution in [0, 0.1) is 24.7 Å². The molecule has 2 fully saturated rings. The normalized spacial score (nSPS) is 31.2. The molecule has 2 saturated carbocycles. The number of Topliss-reactive ketones (excluding diaryl/α,β-unsaturated/α-hetero) is 1. The Morgan fingerprint density at radius 2 is 1.94 bits per heavy atom. The van der Waals surface area contributed by atoms with Crippen molar-refractivity contribution in [3.8, 4) is 0 Å². The molecule has 16 heavy (non-hydrogen) atoms. The van der Waals surface area contributed by atoms with Gasteiger partial charge in [-0.05, 0) is 49.7 Å². The number of carbonyl (C=O) groups is 1. The van der Waals surface area contributed by atoms with Crippen molar-refractivity contribution < 1.29 is 4.79 Å². The Morgan fingerprint density at radius 3 is 2.56 bits per heavy atom. The minimum absolute atomic E-state index is 0.266. The van der Waals surface area contributed by atoms with Crippen LogP contribution >= 0.6 is 11.6 Å². The van der Waals surface area contributed by atoms with Crippen molar-refractivity contribution in [2.75, 3.05) is 0 Å². The molecular formula is C14H15ClO. The maximum Gasteiger partial charge on any atom is 0.166 e. The van der Waals surface area contributed by atoms with Gasteiger partial charge in [0.1, 0.15) is 0 Å². The molecule has 0 N–H and O–H groups in total. The average Bonchev–Trinajstić information content (AvgIpc) is 2.89. The third-order valence-corrected chi connectivity index (χ3v) is 4.48. The molecule has 0 aromatic heterocycles. The Balaban J connectivity index is 1.80. The fourth-order valence-corrected chi connectivity index (χ4v) is 3.09. The van der Waals surface area contributed by atoms with Crippen molar-refractivity contribution in [3.63, 3.8) is 0 Å². The number of halogens is 1. The molecule has 0 spiro atoms. The van der Waals surface area contributed by atoms with Crippen molar-refractivity contribution in [1.29, 1.82) is 0 Å². The quantitative estimate of drug-likeness (QED) is 0.710. The molecule has 1 nitrogen and oxygen atoms in total. The topological polar surface area (TPSA) is 17.1 Å². The Morgan fingerprint density at radius 1 is 1.25 bits per heavy atom. The second kappa shape index (κ2) is 3.59. The molecule has 2 atom stereocenters. The van der Waals surface area contributed by atoms with Crippen LogP contribution in [0.2, 0.25) is 5.02 Å². The van der Waals surface area contributed by atoms with Crippen LogP contribution in [-0.2, 0) is 0 Å². The van der Waals surface area contributed by atoms with Gasteiger partial charge in [-0.15, -0.1) is 0 Å². The summed E-state index contributed by atoms with van der Waals surface area (Å²) in [5, 5.41) is 0.703. The summed E-state index contributed by atoms with van der Waals surface area (Å²) in [5.74, 6) is 2.28. The number of ketones is 1. The van der Waals surface area contributed by atoms with Gasteiger partial charge in [0.2, 0.25) is 0 Å². The van der Waals surface area contributed by atoms with E-state index < -0.39 is 0 Å². The lowest BCUT2D eigenvalue weighted by Gasteiger charge is -2.11. The molecule has 2 unspecified atom stereocenters. The smallest absolute Gasteiger partial charge is 0.166 e. The van der Waals surface area contributed by atoms with Gasteiger partial charge in [0, 0.05) is 16.5 Å².